The van der Waals surface area contributed by atoms with E-state index in [1.54, 1.807) is 0 Å². The molecule has 2 nitrogen and oxygen atoms in total. The first-order valence-corrected chi connectivity index (χ1v) is 7.65. The summed E-state index contributed by atoms with van der Waals surface area (Å²) >= 11 is 3.62. The molecule has 1 unspecified atom stereocenters. The molecule has 0 bridgehead atoms. The average molecular weight is 333 g/mol. The zero-order valence-electron chi connectivity index (χ0n) is 12.7. The second-order valence-electron chi connectivity index (χ2n) is 5.43. The van der Waals surface area contributed by atoms with Gasteiger partial charge in [-0.3, -0.25) is 4.98 Å². The third-order valence-corrected chi connectivity index (χ3v) is 4.17. The molecule has 0 aliphatic rings. The van der Waals surface area contributed by atoms with Crippen LogP contribution in [0, 0.1) is 27.7 Å². The smallest absolute Gasteiger partial charge is 0.0506 e. The number of nitrogens with zero attached hydrogens (tertiary/aromatic N) is 1. The van der Waals surface area contributed by atoms with Crippen LogP contribution in [0.25, 0.3) is 0 Å². The molecule has 0 aliphatic heterocycles. The van der Waals surface area contributed by atoms with Crippen LogP contribution >= 0.6 is 15.9 Å². The minimum absolute atomic E-state index is 0.224. The lowest BCUT2D eigenvalue weighted by molar-refractivity contribution is 0.842. The van der Waals surface area contributed by atoms with Crippen LogP contribution in [-0.2, 0) is 0 Å². The molecule has 106 valence electrons. The minimum atomic E-state index is 0.224. The first-order chi connectivity index (χ1) is 9.38. The number of halogens is 1. The molecule has 1 aromatic carbocycles. The Kier molecular flexibility index (Phi) is 4.48. The fourth-order valence-electron chi connectivity index (χ4n) is 2.73. The molecule has 2 rings (SSSR count). The van der Waals surface area contributed by atoms with Crippen LogP contribution in [-0.4, -0.2) is 4.98 Å². The van der Waals surface area contributed by atoms with Gasteiger partial charge in [0.05, 0.1) is 6.04 Å². The lowest BCUT2D eigenvalue weighted by Crippen LogP contribution is -2.12. The summed E-state index contributed by atoms with van der Waals surface area (Å²) in [6, 6.07) is 8.73. The largest absolute Gasteiger partial charge is 0.378 e. The summed E-state index contributed by atoms with van der Waals surface area (Å²) in [4.78, 5) is 4.58. The summed E-state index contributed by atoms with van der Waals surface area (Å²) in [5.41, 5.74) is 7.11. The van der Waals surface area contributed by atoms with E-state index in [0.29, 0.717) is 0 Å². The second kappa shape index (κ2) is 5.96. The van der Waals surface area contributed by atoms with Gasteiger partial charge in [-0.1, -0.05) is 6.07 Å². The molecule has 1 aromatic heterocycles. The molecule has 0 fully saturated rings. The number of hydrogen-bond donors (Lipinski definition) is 1. The van der Waals surface area contributed by atoms with Gasteiger partial charge in [-0.05, 0) is 85.4 Å². The van der Waals surface area contributed by atoms with Crippen LogP contribution in [0.15, 0.2) is 28.7 Å². The third kappa shape index (κ3) is 3.21. The molecule has 0 saturated carbocycles. The number of hydrogen-bond acceptors (Lipinski definition) is 2. The first-order valence-electron chi connectivity index (χ1n) is 6.86. The zero-order valence-corrected chi connectivity index (χ0v) is 14.3. The van der Waals surface area contributed by atoms with Gasteiger partial charge >= 0.3 is 0 Å². The van der Waals surface area contributed by atoms with Gasteiger partial charge in [0.15, 0.2) is 0 Å². The molecule has 1 N–H and O–H groups in total. The fourth-order valence-corrected chi connectivity index (χ4v) is 3.34. The number of aryl methyl sites for hydroxylation is 4. The van der Waals surface area contributed by atoms with E-state index in [0.717, 1.165) is 21.5 Å². The van der Waals surface area contributed by atoms with E-state index in [1.165, 1.54) is 16.7 Å². The Balaban J connectivity index is 2.31. The molecule has 3 heteroatoms. The van der Waals surface area contributed by atoms with Crippen LogP contribution in [0.5, 0.6) is 0 Å². The van der Waals surface area contributed by atoms with Gasteiger partial charge in [-0.25, -0.2) is 0 Å². The monoisotopic (exact) mass is 332 g/mol. The Morgan fingerprint density at radius 2 is 1.80 bits per heavy atom. The molecule has 0 aliphatic carbocycles. The maximum absolute atomic E-state index is 4.58. The van der Waals surface area contributed by atoms with E-state index in [2.05, 4.69) is 78.2 Å². The van der Waals surface area contributed by atoms with Crippen molar-refractivity contribution in [1.82, 2.24) is 4.98 Å². The summed E-state index contributed by atoms with van der Waals surface area (Å²) in [6.07, 6.45) is 0. The predicted molar refractivity (Wildman–Crippen MR) is 89.4 cm³/mol. The standard InChI is InChI=1S/C17H21BrN2/c1-10-6-7-16(15(18)8-10)20-14(5)17-11(2)9-12(3)19-13(17)4/h6-9,14,20H,1-5H3. The minimum Gasteiger partial charge on any atom is -0.378 e. The van der Waals surface area contributed by atoms with Gasteiger partial charge in [0.1, 0.15) is 0 Å². The van der Waals surface area contributed by atoms with Gasteiger partial charge in [-0.2, -0.15) is 0 Å². The SMILES string of the molecule is Cc1ccc(NC(C)c2c(C)cc(C)nc2C)c(Br)c1. The van der Waals surface area contributed by atoms with Gasteiger partial charge in [-0.15, -0.1) is 0 Å². The van der Waals surface area contributed by atoms with E-state index in [9.17, 15) is 0 Å². The van der Waals surface area contributed by atoms with E-state index in [-0.39, 0.29) is 6.04 Å². The molecule has 1 heterocycles. The number of rotatable bonds is 3. The van der Waals surface area contributed by atoms with E-state index in [4.69, 9.17) is 0 Å². The molecule has 0 amide bonds. The van der Waals surface area contributed by atoms with Crippen molar-refractivity contribution in [3.63, 3.8) is 0 Å². The highest BCUT2D eigenvalue weighted by Crippen LogP contribution is 2.29. The summed E-state index contributed by atoms with van der Waals surface area (Å²) in [7, 11) is 0. The first kappa shape index (κ1) is 15.0. The number of anilines is 1. The fraction of sp³-hybridized carbons (Fsp3) is 0.353. The molecule has 20 heavy (non-hydrogen) atoms. The quantitative estimate of drug-likeness (QED) is 0.830. The van der Waals surface area contributed by atoms with Crippen LogP contribution in [0.1, 0.15) is 41.0 Å². The van der Waals surface area contributed by atoms with E-state index >= 15 is 0 Å². The molecular weight excluding hydrogens is 312 g/mol. The van der Waals surface area contributed by atoms with Crippen LogP contribution in [0.3, 0.4) is 0 Å². The number of aromatic nitrogens is 1. The average Bonchev–Trinajstić information content (AvgIpc) is 2.31. The Labute approximate surface area is 129 Å². The summed E-state index contributed by atoms with van der Waals surface area (Å²) in [5.74, 6) is 0. The highest BCUT2D eigenvalue weighted by atomic mass is 79.9. The third-order valence-electron chi connectivity index (χ3n) is 3.51. The molecule has 0 spiro atoms. The topological polar surface area (TPSA) is 24.9 Å². The maximum atomic E-state index is 4.58. The van der Waals surface area contributed by atoms with Gasteiger partial charge in [0.25, 0.3) is 0 Å². The highest BCUT2D eigenvalue weighted by molar-refractivity contribution is 9.10. The normalized spacial score (nSPS) is 12.3. The Bertz CT molecular complexity index is 612. The van der Waals surface area contributed by atoms with Crippen molar-refractivity contribution >= 4 is 21.6 Å². The lowest BCUT2D eigenvalue weighted by atomic mass is 10.00. The Morgan fingerprint density at radius 1 is 1.10 bits per heavy atom. The zero-order chi connectivity index (χ0) is 14.9. The maximum Gasteiger partial charge on any atom is 0.0506 e. The van der Waals surface area contributed by atoms with Gasteiger partial charge < -0.3 is 5.32 Å². The van der Waals surface area contributed by atoms with Crippen molar-refractivity contribution in [2.45, 2.75) is 40.7 Å². The predicted octanol–water partition coefficient (Wildman–Crippen LogP) is 5.25. The highest BCUT2D eigenvalue weighted by Gasteiger charge is 2.14. The van der Waals surface area contributed by atoms with Crippen molar-refractivity contribution in [1.29, 1.82) is 0 Å². The van der Waals surface area contributed by atoms with E-state index in [1.807, 2.05) is 6.92 Å². The Morgan fingerprint density at radius 3 is 2.40 bits per heavy atom. The van der Waals surface area contributed by atoms with Crippen LogP contribution in [0.2, 0.25) is 0 Å². The van der Waals surface area contributed by atoms with Gasteiger partial charge in [0.2, 0.25) is 0 Å². The van der Waals surface area contributed by atoms with Crippen molar-refractivity contribution in [2.75, 3.05) is 5.32 Å². The van der Waals surface area contributed by atoms with Crippen LogP contribution < -0.4 is 5.32 Å². The molecule has 0 radical (unpaired) electrons. The lowest BCUT2D eigenvalue weighted by Gasteiger charge is -2.21. The summed E-state index contributed by atoms with van der Waals surface area (Å²) < 4.78 is 1.10. The van der Waals surface area contributed by atoms with Crippen molar-refractivity contribution < 1.29 is 0 Å². The molecule has 2 aromatic rings. The number of nitrogens with one attached hydrogen (secondary N) is 1. The van der Waals surface area contributed by atoms with Crippen LogP contribution in [0.4, 0.5) is 5.69 Å². The van der Waals surface area contributed by atoms with Crippen molar-refractivity contribution in [3.05, 3.63) is 56.8 Å². The molecule has 0 saturated heterocycles. The molecule has 1 atom stereocenters. The van der Waals surface area contributed by atoms with Crippen molar-refractivity contribution in [3.8, 4) is 0 Å². The number of benzene rings is 1. The van der Waals surface area contributed by atoms with Crippen molar-refractivity contribution in [2.24, 2.45) is 0 Å². The summed E-state index contributed by atoms with van der Waals surface area (Å²) in [5, 5.41) is 3.57. The molecular formula is C17H21BrN2. The number of pyridine rings is 1. The van der Waals surface area contributed by atoms with Gasteiger partial charge in [0, 0.05) is 21.5 Å². The Hall–Kier alpha value is -1.35. The second-order valence-corrected chi connectivity index (χ2v) is 6.28. The summed E-state index contributed by atoms with van der Waals surface area (Å²) in [6.45, 7) is 10.5. The van der Waals surface area contributed by atoms with E-state index < -0.39 is 0 Å².